The van der Waals surface area contributed by atoms with Gasteiger partial charge in [0.15, 0.2) is 0 Å². The second-order valence-corrected chi connectivity index (χ2v) is 5.06. The maximum atomic E-state index is 5.75. The van der Waals surface area contributed by atoms with E-state index in [1.807, 2.05) is 25.2 Å². The molecule has 1 unspecified atom stereocenters. The van der Waals surface area contributed by atoms with E-state index in [4.69, 9.17) is 9.47 Å². The second kappa shape index (κ2) is 6.25. The molecule has 0 bridgehead atoms. The largest absolute Gasteiger partial charge is 0.497 e. The Balaban J connectivity index is 2.34. The molecule has 1 aromatic rings. The summed E-state index contributed by atoms with van der Waals surface area (Å²) in [6, 6.07) is 6.04. The lowest BCUT2D eigenvalue weighted by Gasteiger charge is -2.25. The van der Waals surface area contributed by atoms with Gasteiger partial charge in [-0.2, -0.15) is 0 Å². The van der Waals surface area contributed by atoms with Crippen LogP contribution in [0.2, 0.25) is 0 Å². The predicted octanol–water partition coefficient (Wildman–Crippen LogP) is 3.41. The van der Waals surface area contributed by atoms with Crippen LogP contribution in [0.4, 0.5) is 0 Å². The van der Waals surface area contributed by atoms with Crippen molar-refractivity contribution in [3.63, 3.8) is 0 Å². The molecule has 0 saturated carbocycles. The topological polar surface area (TPSA) is 30.5 Å². The molecule has 0 radical (unpaired) electrons. The Morgan fingerprint density at radius 2 is 2.28 bits per heavy atom. The van der Waals surface area contributed by atoms with Crippen molar-refractivity contribution in [1.82, 2.24) is 5.32 Å². The van der Waals surface area contributed by atoms with Crippen molar-refractivity contribution in [2.24, 2.45) is 0 Å². The van der Waals surface area contributed by atoms with Crippen LogP contribution in [0.25, 0.3) is 0 Å². The fraction of sp³-hybridized carbons (Fsp3) is 0.429. The molecule has 3 nitrogen and oxygen atoms in total. The smallest absolute Gasteiger partial charge is 0.119 e. The molecule has 1 N–H and O–H groups in total. The average Bonchev–Trinajstić information content (AvgIpc) is 2.43. The molecule has 0 spiro atoms. The molecule has 98 valence electrons. The molecule has 4 heteroatoms. The molecule has 1 heterocycles. The van der Waals surface area contributed by atoms with Crippen LogP contribution >= 0.6 is 15.9 Å². The first kappa shape index (κ1) is 13.4. The number of likely N-dealkylation sites (N-methyl/N-ethyl adjacent to an activating group) is 1. The van der Waals surface area contributed by atoms with E-state index in [0.717, 1.165) is 41.0 Å². The standard InChI is InChI=1S/C14H18BrNO2/c1-16-14(13-5-3-4-8-18-13)11-9-10(17-2)6-7-12(11)15/h5-7,9,14,16H,3-4,8H2,1-2H3. The van der Waals surface area contributed by atoms with Crippen LogP contribution < -0.4 is 10.1 Å². The molecule has 1 atom stereocenters. The Hall–Kier alpha value is -1.00. The molecular weight excluding hydrogens is 294 g/mol. The third-order valence-corrected chi connectivity index (χ3v) is 3.77. The normalized spacial score (nSPS) is 16.7. The lowest BCUT2D eigenvalue weighted by atomic mass is 10.0. The van der Waals surface area contributed by atoms with Crippen molar-refractivity contribution in [3.05, 3.63) is 40.1 Å². The lowest BCUT2D eigenvalue weighted by Crippen LogP contribution is -2.22. The molecule has 0 aliphatic carbocycles. The van der Waals surface area contributed by atoms with E-state index in [2.05, 4.69) is 27.3 Å². The third-order valence-electron chi connectivity index (χ3n) is 3.05. The van der Waals surface area contributed by atoms with Crippen LogP contribution in [-0.2, 0) is 4.74 Å². The number of methoxy groups -OCH3 is 1. The molecule has 1 aromatic carbocycles. The van der Waals surface area contributed by atoms with Crippen LogP contribution in [0.15, 0.2) is 34.5 Å². The number of halogens is 1. The van der Waals surface area contributed by atoms with Gasteiger partial charge in [0.2, 0.25) is 0 Å². The summed E-state index contributed by atoms with van der Waals surface area (Å²) in [6.07, 6.45) is 4.34. The first-order chi connectivity index (χ1) is 8.76. The molecule has 1 aliphatic rings. The highest BCUT2D eigenvalue weighted by Gasteiger charge is 2.20. The van der Waals surface area contributed by atoms with Gasteiger partial charge >= 0.3 is 0 Å². The fourth-order valence-electron chi connectivity index (χ4n) is 2.10. The van der Waals surface area contributed by atoms with Gasteiger partial charge in [-0.05, 0) is 49.7 Å². The number of hydrogen-bond acceptors (Lipinski definition) is 3. The van der Waals surface area contributed by atoms with Crippen LogP contribution in [-0.4, -0.2) is 20.8 Å². The van der Waals surface area contributed by atoms with Crippen molar-refractivity contribution in [2.75, 3.05) is 20.8 Å². The third kappa shape index (κ3) is 2.87. The van der Waals surface area contributed by atoms with Gasteiger partial charge in [-0.3, -0.25) is 0 Å². The fourth-order valence-corrected chi connectivity index (χ4v) is 2.57. The Bertz CT molecular complexity index is 445. The Morgan fingerprint density at radius 3 is 2.89 bits per heavy atom. The highest BCUT2D eigenvalue weighted by molar-refractivity contribution is 9.10. The summed E-state index contributed by atoms with van der Waals surface area (Å²) in [4.78, 5) is 0. The van der Waals surface area contributed by atoms with E-state index < -0.39 is 0 Å². The molecule has 0 amide bonds. The Morgan fingerprint density at radius 1 is 1.44 bits per heavy atom. The van der Waals surface area contributed by atoms with Gasteiger partial charge in [0.05, 0.1) is 19.8 Å². The van der Waals surface area contributed by atoms with Crippen molar-refractivity contribution >= 4 is 15.9 Å². The lowest BCUT2D eigenvalue weighted by molar-refractivity contribution is 0.169. The van der Waals surface area contributed by atoms with Crippen LogP contribution in [0.1, 0.15) is 24.4 Å². The zero-order valence-electron chi connectivity index (χ0n) is 10.7. The molecule has 0 saturated heterocycles. The minimum atomic E-state index is 0.0646. The van der Waals surface area contributed by atoms with Crippen LogP contribution in [0.5, 0.6) is 5.75 Å². The van der Waals surface area contributed by atoms with Crippen molar-refractivity contribution in [1.29, 1.82) is 0 Å². The maximum Gasteiger partial charge on any atom is 0.119 e. The first-order valence-corrected chi connectivity index (χ1v) is 6.89. The first-order valence-electron chi connectivity index (χ1n) is 6.10. The van der Waals surface area contributed by atoms with Gasteiger partial charge in [-0.1, -0.05) is 15.9 Å². The summed E-state index contributed by atoms with van der Waals surface area (Å²) in [7, 11) is 3.62. The van der Waals surface area contributed by atoms with E-state index in [1.54, 1.807) is 7.11 Å². The summed E-state index contributed by atoms with van der Waals surface area (Å²) in [5.74, 6) is 1.85. The van der Waals surface area contributed by atoms with Gasteiger partial charge < -0.3 is 14.8 Å². The predicted molar refractivity (Wildman–Crippen MR) is 75.8 cm³/mol. The van der Waals surface area contributed by atoms with Gasteiger partial charge in [0.1, 0.15) is 11.5 Å². The molecule has 2 rings (SSSR count). The summed E-state index contributed by atoms with van der Waals surface area (Å²) in [6.45, 7) is 0.797. The number of nitrogens with one attached hydrogen (secondary N) is 1. The zero-order chi connectivity index (χ0) is 13.0. The molecule has 0 fully saturated rings. The highest BCUT2D eigenvalue weighted by Crippen LogP contribution is 2.33. The van der Waals surface area contributed by atoms with Gasteiger partial charge in [0.25, 0.3) is 0 Å². The van der Waals surface area contributed by atoms with E-state index in [9.17, 15) is 0 Å². The molecule has 1 aliphatic heterocycles. The van der Waals surface area contributed by atoms with Crippen LogP contribution in [0.3, 0.4) is 0 Å². The van der Waals surface area contributed by atoms with E-state index >= 15 is 0 Å². The van der Waals surface area contributed by atoms with E-state index in [0.29, 0.717) is 0 Å². The summed E-state index contributed by atoms with van der Waals surface area (Å²) >= 11 is 3.59. The minimum Gasteiger partial charge on any atom is -0.497 e. The van der Waals surface area contributed by atoms with E-state index in [1.165, 1.54) is 0 Å². The Labute approximate surface area is 116 Å². The number of hydrogen-bond donors (Lipinski definition) is 1. The summed E-state index contributed by atoms with van der Waals surface area (Å²) < 4.78 is 12.1. The van der Waals surface area contributed by atoms with Gasteiger partial charge in [0, 0.05) is 4.47 Å². The van der Waals surface area contributed by atoms with Crippen molar-refractivity contribution in [2.45, 2.75) is 18.9 Å². The average molecular weight is 312 g/mol. The van der Waals surface area contributed by atoms with Gasteiger partial charge in [-0.15, -0.1) is 0 Å². The van der Waals surface area contributed by atoms with E-state index in [-0.39, 0.29) is 6.04 Å². The molecular formula is C14H18BrNO2. The Kier molecular flexibility index (Phi) is 4.66. The summed E-state index contributed by atoms with van der Waals surface area (Å²) in [5, 5.41) is 3.30. The monoisotopic (exact) mass is 311 g/mol. The number of rotatable bonds is 4. The second-order valence-electron chi connectivity index (χ2n) is 4.21. The van der Waals surface area contributed by atoms with Crippen molar-refractivity contribution in [3.8, 4) is 5.75 Å². The number of benzene rings is 1. The summed E-state index contributed by atoms with van der Waals surface area (Å²) in [5.41, 5.74) is 1.13. The minimum absolute atomic E-state index is 0.0646. The van der Waals surface area contributed by atoms with Gasteiger partial charge in [-0.25, -0.2) is 0 Å². The zero-order valence-corrected chi connectivity index (χ0v) is 12.3. The van der Waals surface area contributed by atoms with Crippen LogP contribution in [0, 0.1) is 0 Å². The SMILES string of the molecule is CNC(C1=CCCCO1)c1cc(OC)ccc1Br. The highest BCUT2D eigenvalue weighted by atomic mass is 79.9. The maximum absolute atomic E-state index is 5.75. The quantitative estimate of drug-likeness (QED) is 0.924. The number of allylic oxidation sites excluding steroid dienone is 1. The number of ether oxygens (including phenoxy) is 2. The molecule has 0 aromatic heterocycles. The molecule has 18 heavy (non-hydrogen) atoms. The van der Waals surface area contributed by atoms with Crippen molar-refractivity contribution < 1.29 is 9.47 Å².